The van der Waals surface area contributed by atoms with Crippen molar-refractivity contribution in [2.45, 2.75) is 6.54 Å². The van der Waals surface area contributed by atoms with Gasteiger partial charge in [-0.05, 0) is 17.7 Å². The number of amides is 1. The summed E-state index contributed by atoms with van der Waals surface area (Å²) in [5, 5.41) is 2.73. The van der Waals surface area contributed by atoms with Crippen LogP contribution in [0.25, 0.3) is 0 Å². The molecule has 0 aliphatic heterocycles. The molecule has 0 aliphatic carbocycles. The van der Waals surface area contributed by atoms with Crippen molar-refractivity contribution in [2.75, 3.05) is 25.5 Å². The first-order valence-electron chi connectivity index (χ1n) is 4.86. The van der Waals surface area contributed by atoms with E-state index in [1.165, 1.54) is 0 Å². The zero-order chi connectivity index (χ0) is 11.3. The molecule has 0 unspecified atom stereocenters. The van der Waals surface area contributed by atoms with Crippen molar-refractivity contribution in [1.82, 2.24) is 5.32 Å². The Morgan fingerprint density at radius 1 is 1.47 bits per heavy atom. The highest BCUT2D eigenvalue weighted by Crippen LogP contribution is 2.12. The van der Waals surface area contributed by atoms with E-state index in [0.717, 1.165) is 11.3 Å². The van der Waals surface area contributed by atoms with Gasteiger partial charge >= 0.3 is 0 Å². The van der Waals surface area contributed by atoms with Crippen LogP contribution in [0.5, 0.6) is 0 Å². The standard InChI is InChI=1S/C11H17N3O/c1-14(2)10-5-3-4-9(6-10)8-13-11(15)7-12/h3-6H,7-8,12H2,1-2H3,(H,13,15). The number of hydrogen-bond donors (Lipinski definition) is 2. The van der Waals surface area contributed by atoms with Gasteiger partial charge in [0.1, 0.15) is 0 Å². The predicted molar refractivity (Wildman–Crippen MR) is 61.7 cm³/mol. The van der Waals surface area contributed by atoms with Gasteiger partial charge in [0.25, 0.3) is 0 Å². The van der Waals surface area contributed by atoms with E-state index in [1.54, 1.807) is 0 Å². The number of rotatable bonds is 4. The molecule has 1 rings (SSSR count). The summed E-state index contributed by atoms with van der Waals surface area (Å²) in [7, 11) is 3.97. The molecule has 3 N–H and O–H groups in total. The Kier molecular flexibility index (Phi) is 4.12. The van der Waals surface area contributed by atoms with E-state index >= 15 is 0 Å². The molecule has 1 aromatic carbocycles. The molecule has 0 aliphatic rings. The minimum Gasteiger partial charge on any atom is -0.378 e. The number of anilines is 1. The minimum absolute atomic E-state index is 0.0351. The molecule has 15 heavy (non-hydrogen) atoms. The molecular formula is C11H17N3O. The van der Waals surface area contributed by atoms with Crippen molar-refractivity contribution in [3.05, 3.63) is 29.8 Å². The second-order valence-corrected chi connectivity index (χ2v) is 3.55. The number of nitrogens with zero attached hydrogens (tertiary/aromatic N) is 1. The predicted octanol–water partition coefficient (Wildman–Crippen LogP) is 0.328. The van der Waals surface area contributed by atoms with Gasteiger partial charge in [0.05, 0.1) is 6.54 Å². The van der Waals surface area contributed by atoms with Crippen LogP contribution in [-0.2, 0) is 11.3 Å². The molecule has 0 radical (unpaired) electrons. The smallest absolute Gasteiger partial charge is 0.234 e. The fourth-order valence-electron chi connectivity index (χ4n) is 1.22. The molecule has 4 heteroatoms. The fraction of sp³-hybridized carbons (Fsp3) is 0.364. The first-order chi connectivity index (χ1) is 7.13. The zero-order valence-electron chi connectivity index (χ0n) is 9.16. The quantitative estimate of drug-likeness (QED) is 0.748. The Hall–Kier alpha value is -1.55. The topological polar surface area (TPSA) is 58.4 Å². The fourth-order valence-corrected chi connectivity index (χ4v) is 1.22. The molecule has 0 fully saturated rings. The van der Waals surface area contributed by atoms with E-state index in [9.17, 15) is 4.79 Å². The van der Waals surface area contributed by atoms with Crippen molar-refractivity contribution < 1.29 is 4.79 Å². The lowest BCUT2D eigenvalue weighted by atomic mass is 10.2. The van der Waals surface area contributed by atoms with Gasteiger partial charge in [-0.15, -0.1) is 0 Å². The number of carbonyl (C=O) groups excluding carboxylic acids is 1. The van der Waals surface area contributed by atoms with Crippen LogP contribution in [0.3, 0.4) is 0 Å². The molecule has 0 bridgehead atoms. The van der Waals surface area contributed by atoms with Crippen LogP contribution in [0, 0.1) is 0 Å². The highest BCUT2D eigenvalue weighted by atomic mass is 16.1. The Balaban J connectivity index is 2.61. The van der Waals surface area contributed by atoms with Crippen molar-refractivity contribution in [3.63, 3.8) is 0 Å². The lowest BCUT2D eigenvalue weighted by Gasteiger charge is -2.13. The van der Waals surface area contributed by atoms with Gasteiger partial charge in [-0.1, -0.05) is 12.1 Å². The number of hydrogen-bond acceptors (Lipinski definition) is 3. The Labute approximate surface area is 90.1 Å². The Morgan fingerprint density at radius 3 is 2.80 bits per heavy atom. The van der Waals surface area contributed by atoms with Crippen LogP contribution in [0.15, 0.2) is 24.3 Å². The molecule has 0 atom stereocenters. The maximum atomic E-state index is 11.0. The molecule has 82 valence electrons. The van der Waals surface area contributed by atoms with Crippen molar-refractivity contribution in [1.29, 1.82) is 0 Å². The van der Waals surface area contributed by atoms with Gasteiger partial charge in [0.2, 0.25) is 5.91 Å². The van der Waals surface area contributed by atoms with Crippen molar-refractivity contribution in [3.8, 4) is 0 Å². The highest BCUT2D eigenvalue weighted by molar-refractivity contribution is 5.77. The average molecular weight is 207 g/mol. The summed E-state index contributed by atoms with van der Waals surface area (Å²) >= 11 is 0. The van der Waals surface area contributed by atoms with Gasteiger partial charge in [0, 0.05) is 26.3 Å². The van der Waals surface area contributed by atoms with Gasteiger partial charge in [0.15, 0.2) is 0 Å². The Bertz CT molecular complexity index is 336. The third kappa shape index (κ3) is 3.59. The maximum Gasteiger partial charge on any atom is 0.234 e. The molecule has 0 saturated heterocycles. The second-order valence-electron chi connectivity index (χ2n) is 3.55. The average Bonchev–Trinajstić information content (AvgIpc) is 2.26. The van der Waals surface area contributed by atoms with Gasteiger partial charge in [-0.25, -0.2) is 0 Å². The first kappa shape index (κ1) is 11.5. The minimum atomic E-state index is -0.134. The first-order valence-corrected chi connectivity index (χ1v) is 4.86. The van der Waals surface area contributed by atoms with E-state index in [-0.39, 0.29) is 12.5 Å². The van der Waals surface area contributed by atoms with Crippen molar-refractivity contribution >= 4 is 11.6 Å². The van der Waals surface area contributed by atoms with E-state index < -0.39 is 0 Å². The summed E-state index contributed by atoms with van der Waals surface area (Å²) < 4.78 is 0. The zero-order valence-corrected chi connectivity index (χ0v) is 9.16. The van der Waals surface area contributed by atoms with Crippen LogP contribution < -0.4 is 16.0 Å². The van der Waals surface area contributed by atoms with E-state index in [1.807, 2.05) is 43.3 Å². The van der Waals surface area contributed by atoms with Crippen molar-refractivity contribution in [2.24, 2.45) is 5.73 Å². The van der Waals surface area contributed by atoms with Crippen LogP contribution in [-0.4, -0.2) is 26.5 Å². The van der Waals surface area contributed by atoms with E-state index in [0.29, 0.717) is 6.54 Å². The lowest BCUT2D eigenvalue weighted by molar-refractivity contribution is -0.119. The van der Waals surface area contributed by atoms with Crippen LogP contribution in [0.4, 0.5) is 5.69 Å². The summed E-state index contributed by atoms with van der Waals surface area (Å²) in [5.41, 5.74) is 7.39. The lowest BCUT2D eigenvalue weighted by Crippen LogP contribution is -2.29. The molecule has 0 heterocycles. The number of nitrogens with one attached hydrogen (secondary N) is 1. The third-order valence-corrected chi connectivity index (χ3v) is 2.10. The SMILES string of the molecule is CN(C)c1cccc(CNC(=O)CN)c1. The summed E-state index contributed by atoms with van der Waals surface area (Å²) in [6, 6.07) is 8.01. The molecule has 0 aromatic heterocycles. The summed E-state index contributed by atoms with van der Waals surface area (Å²) in [5.74, 6) is -0.134. The van der Waals surface area contributed by atoms with Gasteiger partial charge < -0.3 is 16.0 Å². The third-order valence-electron chi connectivity index (χ3n) is 2.10. The van der Waals surface area contributed by atoms with Crippen LogP contribution in [0.2, 0.25) is 0 Å². The molecule has 0 spiro atoms. The summed E-state index contributed by atoms with van der Waals surface area (Å²) in [4.78, 5) is 13.0. The van der Waals surface area contributed by atoms with E-state index in [4.69, 9.17) is 5.73 Å². The maximum absolute atomic E-state index is 11.0. The molecule has 1 aromatic rings. The summed E-state index contributed by atoms with van der Waals surface area (Å²) in [6.45, 7) is 0.561. The summed E-state index contributed by atoms with van der Waals surface area (Å²) in [6.07, 6.45) is 0. The van der Waals surface area contributed by atoms with Gasteiger partial charge in [-0.2, -0.15) is 0 Å². The molecular weight excluding hydrogens is 190 g/mol. The van der Waals surface area contributed by atoms with Crippen LogP contribution in [0.1, 0.15) is 5.56 Å². The molecule has 1 amide bonds. The Morgan fingerprint density at radius 2 is 2.20 bits per heavy atom. The normalized spacial score (nSPS) is 9.80. The van der Waals surface area contributed by atoms with Crippen LogP contribution >= 0.6 is 0 Å². The largest absolute Gasteiger partial charge is 0.378 e. The molecule has 4 nitrogen and oxygen atoms in total. The highest BCUT2D eigenvalue weighted by Gasteiger charge is 1.99. The molecule has 0 saturated carbocycles. The van der Waals surface area contributed by atoms with Gasteiger partial charge in [-0.3, -0.25) is 4.79 Å². The monoisotopic (exact) mass is 207 g/mol. The van der Waals surface area contributed by atoms with E-state index in [2.05, 4.69) is 5.32 Å². The number of nitrogens with two attached hydrogens (primary N) is 1. The number of carbonyl (C=O) groups is 1. The number of benzene rings is 1. The second kappa shape index (κ2) is 5.36.